The molecule has 1 aromatic carbocycles. The zero-order valence-corrected chi connectivity index (χ0v) is 12.4. The van der Waals surface area contributed by atoms with Crippen LogP contribution in [0.5, 0.6) is 5.75 Å². The van der Waals surface area contributed by atoms with Gasteiger partial charge in [-0.25, -0.2) is 0 Å². The molecular formula is C17H23NO3. The third kappa shape index (κ3) is 3.56. The number of rotatable bonds is 6. The molecule has 1 unspecified atom stereocenters. The van der Waals surface area contributed by atoms with Crippen molar-refractivity contribution in [2.45, 2.75) is 51.0 Å². The highest BCUT2D eigenvalue weighted by Gasteiger charge is 2.22. The number of nitrogens with one attached hydrogen (secondary N) is 1. The fourth-order valence-electron chi connectivity index (χ4n) is 3.32. The maximum absolute atomic E-state index is 10.5. The second-order valence-electron chi connectivity index (χ2n) is 6.07. The first kappa shape index (κ1) is 14.4. The van der Waals surface area contributed by atoms with Gasteiger partial charge in [-0.1, -0.05) is 6.07 Å². The van der Waals surface area contributed by atoms with Gasteiger partial charge in [0.15, 0.2) is 0 Å². The first-order chi connectivity index (χ1) is 10.2. The van der Waals surface area contributed by atoms with E-state index in [0.29, 0.717) is 6.04 Å². The van der Waals surface area contributed by atoms with E-state index in [1.54, 1.807) is 0 Å². The van der Waals surface area contributed by atoms with Crippen LogP contribution < -0.4 is 10.1 Å². The molecule has 2 N–H and O–H groups in total. The predicted molar refractivity (Wildman–Crippen MR) is 80.9 cm³/mol. The van der Waals surface area contributed by atoms with Crippen LogP contribution in [0, 0.1) is 0 Å². The van der Waals surface area contributed by atoms with Crippen molar-refractivity contribution in [1.82, 2.24) is 5.32 Å². The van der Waals surface area contributed by atoms with Crippen LogP contribution in [0.15, 0.2) is 12.1 Å². The predicted octanol–water partition coefficient (Wildman–Crippen LogP) is 2.32. The smallest absolute Gasteiger partial charge is 0.303 e. The zero-order chi connectivity index (χ0) is 14.7. The number of hydrogen-bond acceptors (Lipinski definition) is 3. The molecule has 114 valence electrons. The minimum atomic E-state index is -0.699. The van der Waals surface area contributed by atoms with Crippen LogP contribution in [0.4, 0.5) is 0 Å². The fraction of sp³-hybridized carbons (Fsp3) is 0.588. The molecule has 0 saturated heterocycles. The van der Waals surface area contributed by atoms with Crippen LogP contribution in [0.25, 0.3) is 0 Å². The van der Waals surface area contributed by atoms with E-state index < -0.39 is 5.97 Å². The van der Waals surface area contributed by atoms with Gasteiger partial charge < -0.3 is 15.2 Å². The Morgan fingerprint density at radius 2 is 2.14 bits per heavy atom. The van der Waals surface area contributed by atoms with E-state index in [4.69, 9.17) is 9.84 Å². The van der Waals surface area contributed by atoms with Gasteiger partial charge in [-0.3, -0.25) is 4.79 Å². The van der Waals surface area contributed by atoms with Crippen LogP contribution in [0.2, 0.25) is 0 Å². The van der Waals surface area contributed by atoms with Gasteiger partial charge in [-0.05, 0) is 61.4 Å². The maximum Gasteiger partial charge on any atom is 0.303 e. The number of carboxylic acids is 1. The summed E-state index contributed by atoms with van der Waals surface area (Å²) in [5, 5.41) is 12.2. The highest BCUT2D eigenvalue weighted by atomic mass is 16.5. The molecule has 0 saturated carbocycles. The van der Waals surface area contributed by atoms with Gasteiger partial charge in [0.05, 0.1) is 6.61 Å². The van der Waals surface area contributed by atoms with Crippen molar-refractivity contribution in [2.75, 3.05) is 13.2 Å². The molecule has 0 spiro atoms. The van der Waals surface area contributed by atoms with Gasteiger partial charge in [-0.15, -0.1) is 0 Å². The van der Waals surface area contributed by atoms with E-state index in [2.05, 4.69) is 17.4 Å². The highest BCUT2D eigenvalue weighted by molar-refractivity contribution is 5.66. The van der Waals surface area contributed by atoms with E-state index in [9.17, 15) is 4.79 Å². The Labute approximate surface area is 125 Å². The molecule has 4 heteroatoms. The highest BCUT2D eigenvalue weighted by Crippen LogP contribution is 2.32. The maximum atomic E-state index is 10.5. The SMILES string of the molecule is O=C(O)CCCCNC1CCc2cc3c(cc2C1)OCC3. The van der Waals surface area contributed by atoms with E-state index in [0.717, 1.165) is 51.0 Å². The summed E-state index contributed by atoms with van der Waals surface area (Å²) in [7, 11) is 0. The van der Waals surface area contributed by atoms with Gasteiger partial charge in [0.25, 0.3) is 0 Å². The largest absolute Gasteiger partial charge is 0.493 e. The van der Waals surface area contributed by atoms with Gasteiger partial charge in [0.2, 0.25) is 0 Å². The molecule has 1 atom stereocenters. The number of fused-ring (bicyclic) bond motifs is 2. The summed E-state index contributed by atoms with van der Waals surface area (Å²) < 4.78 is 5.66. The molecule has 0 radical (unpaired) electrons. The third-order valence-corrected chi connectivity index (χ3v) is 4.49. The summed E-state index contributed by atoms with van der Waals surface area (Å²) in [6.07, 6.45) is 6.38. The lowest BCUT2D eigenvalue weighted by Crippen LogP contribution is -2.35. The molecule has 2 aliphatic rings. The van der Waals surface area contributed by atoms with Gasteiger partial charge in [0.1, 0.15) is 5.75 Å². The Morgan fingerprint density at radius 3 is 3.00 bits per heavy atom. The minimum Gasteiger partial charge on any atom is -0.493 e. The van der Waals surface area contributed by atoms with Crippen molar-refractivity contribution in [3.63, 3.8) is 0 Å². The van der Waals surface area contributed by atoms with Crippen molar-refractivity contribution in [1.29, 1.82) is 0 Å². The first-order valence-corrected chi connectivity index (χ1v) is 7.95. The van der Waals surface area contributed by atoms with Crippen LogP contribution in [0.1, 0.15) is 42.4 Å². The first-order valence-electron chi connectivity index (χ1n) is 7.95. The van der Waals surface area contributed by atoms with Gasteiger partial charge in [-0.2, -0.15) is 0 Å². The molecule has 0 amide bonds. The summed E-state index contributed by atoms with van der Waals surface area (Å²) in [6, 6.07) is 5.08. The number of aryl methyl sites for hydroxylation is 1. The summed E-state index contributed by atoms with van der Waals surface area (Å²) >= 11 is 0. The van der Waals surface area contributed by atoms with E-state index in [-0.39, 0.29) is 6.42 Å². The van der Waals surface area contributed by atoms with Crippen LogP contribution >= 0.6 is 0 Å². The molecule has 1 aliphatic heterocycles. The number of aliphatic carboxylic acids is 1. The normalized spacial score (nSPS) is 19.7. The van der Waals surface area contributed by atoms with Crippen LogP contribution in [-0.4, -0.2) is 30.3 Å². The topological polar surface area (TPSA) is 58.6 Å². The summed E-state index contributed by atoms with van der Waals surface area (Å²) in [6.45, 7) is 1.73. The lowest BCUT2D eigenvalue weighted by atomic mass is 9.86. The van der Waals surface area contributed by atoms with Crippen molar-refractivity contribution in [3.8, 4) is 5.75 Å². The van der Waals surface area contributed by atoms with E-state index in [1.165, 1.54) is 23.1 Å². The number of ether oxygens (including phenoxy) is 1. The molecular weight excluding hydrogens is 266 g/mol. The van der Waals surface area contributed by atoms with E-state index in [1.807, 2.05) is 0 Å². The van der Waals surface area contributed by atoms with Crippen molar-refractivity contribution < 1.29 is 14.6 Å². The summed E-state index contributed by atoms with van der Waals surface area (Å²) in [4.78, 5) is 10.5. The van der Waals surface area contributed by atoms with E-state index >= 15 is 0 Å². The lowest BCUT2D eigenvalue weighted by molar-refractivity contribution is -0.137. The van der Waals surface area contributed by atoms with Crippen LogP contribution in [-0.2, 0) is 24.1 Å². The number of benzene rings is 1. The van der Waals surface area contributed by atoms with Crippen molar-refractivity contribution in [3.05, 3.63) is 28.8 Å². The molecule has 1 aliphatic carbocycles. The summed E-state index contributed by atoms with van der Waals surface area (Å²) in [5.41, 5.74) is 4.28. The number of unbranched alkanes of at least 4 members (excludes halogenated alkanes) is 1. The molecule has 0 aromatic heterocycles. The monoisotopic (exact) mass is 289 g/mol. The zero-order valence-electron chi connectivity index (χ0n) is 12.4. The Morgan fingerprint density at radius 1 is 1.24 bits per heavy atom. The molecule has 0 fully saturated rings. The Kier molecular flexibility index (Phi) is 4.44. The molecule has 4 nitrogen and oxygen atoms in total. The lowest BCUT2D eigenvalue weighted by Gasteiger charge is -2.26. The number of hydrogen-bond donors (Lipinski definition) is 2. The van der Waals surface area contributed by atoms with Gasteiger partial charge in [0, 0.05) is 18.9 Å². The number of carboxylic acid groups (broad SMARTS) is 1. The van der Waals surface area contributed by atoms with Gasteiger partial charge >= 0.3 is 5.97 Å². The molecule has 0 bridgehead atoms. The molecule has 1 heterocycles. The standard InChI is InChI=1S/C17H23NO3/c19-17(20)3-1-2-7-18-15-5-4-12-9-13-6-8-21-16(13)11-14(12)10-15/h9,11,15,18H,1-8,10H2,(H,19,20). The average Bonchev–Trinajstić information content (AvgIpc) is 2.91. The minimum absolute atomic E-state index is 0.276. The Balaban J connectivity index is 1.49. The third-order valence-electron chi connectivity index (χ3n) is 4.49. The molecule has 3 rings (SSSR count). The quantitative estimate of drug-likeness (QED) is 0.789. The second-order valence-corrected chi connectivity index (χ2v) is 6.07. The summed E-state index contributed by atoms with van der Waals surface area (Å²) in [5.74, 6) is 0.381. The van der Waals surface area contributed by atoms with Crippen molar-refractivity contribution >= 4 is 5.97 Å². The second kappa shape index (κ2) is 6.48. The fourth-order valence-corrected chi connectivity index (χ4v) is 3.32. The Bertz CT molecular complexity index is 527. The number of carbonyl (C=O) groups is 1. The Hall–Kier alpha value is -1.55. The molecule has 1 aromatic rings. The average molecular weight is 289 g/mol. The van der Waals surface area contributed by atoms with Crippen LogP contribution in [0.3, 0.4) is 0 Å². The molecule has 21 heavy (non-hydrogen) atoms. The van der Waals surface area contributed by atoms with Crippen molar-refractivity contribution in [2.24, 2.45) is 0 Å².